The first kappa shape index (κ1) is 34.9. The van der Waals surface area contributed by atoms with Crippen LogP contribution in [0.1, 0.15) is 28.8 Å². The van der Waals surface area contributed by atoms with Crippen LogP contribution < -0.4 is 69.2 Å². The monoisotopic (exact) mass is 600 g/mol. The summed E-state index contributed by atoms with van der Waals surface area (Å²) in [6.07, 6.45) is -0.851. The molecule has 0 aliphatic carbocycles. The van der Waals surface area contributed by atoms with Gasteiger partial charge in [0.2, 0.25) is 0 Å². The van der Waals surface area contributed by atoms with E-state index < -0.39 is 47.3 Å². The second-order valence-corrected chi connectivity index (χ2v) is 12.6. The van der Waals surface area contributed by atoms with Gasteiger partial charge in [0, 0.05) is 23.9 Å². The van der Waals surface area contributed by atoms with Crippen LogP contribution in [0.4, 0.5) is 11.5 Å². The van der Waals surface area contributed by atoms with Gasteiger partial charge < -0.3 is 14.4 Å². The van der Waals surface area contributed by atoms with E-state index in [4.69, 9.17) is 0 Å². The average molecular weight is 601 g/mol. The number of aromatic nitrogens is 2. The number of nitrogens with one attached hydrogen (secondary N) is 2. The molecule has 2 N–H and O–H groups in total. The van der Waals surface area contributed by atoms with Gasteiger partial charge in [-0.15, -0.1) is 0 Å². The van der Waals surface area contributed by atoms with Crippen LogP contribution in [0.3, 0.4) is 0 Å². The molecule has 1 heterocycles. The fourth-order valence-electron chi connectivity index (χ4n) is 3.41. The minimum absolute atomic E-state index is 0. The zero-order chi connectivity index (χ0) is 26.7. The first-order valence-corrected chi connectivity index (χ1v) is 14.7. The fourth-order valence-corrected chi connectivity index (χ4v) is 6.15. The fraction of sp³-hybridized carbons (Fsp3) is 0.238. The van der Waals surface area contributed by atoms with Crippen molar-refractivity contribution >= 4 is 41.8 Å². The zero-order valence-electron chi connectivity index (χ0n) is 21.0. The van der Waals surface area contributed by atoms with Gasteiger partial charge in [0.05, 0.1) is 10.1 Å². The summed E-state index contributed by atoms with van der Waals surface area (Å²) >= 11 is 0. The first-order valence-electron chi connectivity index (χ1n) is 10.3. The van der Waals surface area contributed by atoms with E-state index in [2.05, 4.69) is 20.0 Å². The van der Waals surface area contributed by atoms with E-state index >= 15 is 0 Å². The molecule has 2 aromatic carbocycles. The van der Waals surface area contributed by atoms with Gasteiger partial charge in [0.25, 0.3) is 10.0 Å². The molecule has 2 unspecified atom stereocenters. The Morgan fingerprint density at radius 3 is 1.89 bits per heavy atom. The molecule has 0 radical (unpaired) electrons. The van der Waals surface area contributed by atoms with E-state index in [-0.39, 0.29) is 81.1 Å². The van der Waals surface area contributed by atoms with Crippen molar-refractivity contribution in [3.05, 3.63) is 77.7 Å². The maximum Gasteiger partial charge on any atom is 1.00 e. The van der Waals surface area contributed by atoms with Crippen molar-refractivity contribution in [3.63, 3.8) is 0 Å². The molecule has 0 saturated carbocycles. The van der Waals surface area contributed by atoms with Crippen LogP contribution in [0.25, 0.3) is 0 Å². The molecule has 38 heavy (non-hydrogen) atoms. The third-order valence-electron chi connectivity index (χ3n) is 4.99. The van der Waals surface area contributed by atoms with Crippen LogP contribution in [-0.4, -0.2) is 49.7 Å². The number of sulfonamides is 1. The third-order valence-corrected chi connectivity index (χ3v) is 8.53. The number of anilines is 2. The molecule has 0 bridgehead atoms. The van der Waals surface area contributed by atoms with Crippen molar-refractivity contribution in [1.29, 1.82) is 0 Å². The molecule has 0 fully saturated rings. The van der Waals surface area contributed by atoms with Crippen molar-refractivity contribution in [2.75, 3.05) is 10.0 Å². The second-order valence-electron chi connectivity index (χ2n) is 7.83. The predicted octanol–water partition coefficient (Wildman–Crippen LogP) is -4.14. The van der Waals surface area contributed by atoms with Crippen LogP contribution in [-0.2, 0) is 30.3 Å². The van der Waals surface area contributed by atoms with Crippen molar-refractivity contribution in [3.8, 4) is 0 Å². The van der Waals surface area contributed by atoms with Gasteiger partial charge in [-0.05, 0) is 43.7 Å². The molecule has 17 heteroatoms. The summed E-state index contributed by atoms with van der Waals surface area (Å²) in [5, 5.41) is -1.39. The topological polar surface area (TPSA) is 198 Å². The quantitative estimate of drug-likeness (QED) is 0.169. The molecule has 3 rings (SSSR count). The standard InChI is InChI=1S/C21H24N4O8S3.2Na/c1-14-12-20(23-15(2)22-14)25-34(26,27)18-10-8-17(9-11-18)24-21(36(31,32)33)13-19(35(28,29)30)16-6-4-3-5-7-16;;/h3-12,19,21,24H,13H2,1-2H3,(H,22,23,25)(H,28,29,30)(H,31,32,33);;/q;2*+1/p-2. The molecule has 0 aliphatic heterocycles. The minimum Gasteiger partial charge on any atom is -0.747 e. The molecule has 194 valence electrons. The van der Waals surface area contributed by atoms with Crippen LogP contribution in [0.15, 0.2) is 65.6 Å². The summed E-state index contributed by atoms with van der Waals surface area (Å²) in [6, 6.07) is 13.3. The number of nitrogens with zero attached hydrogens (tertiary/aromatic N) is 2. The summed E-state index contributed by atoms with van der Waals surface area (Å²) in [5.74, 6) is 0.427. The summed E-state index contributed by atoms with van der Waals surface area (Å²) in [6.45, 7) is 3.28. The molecular formula is C21H22N4Na2O8S3. The van der Waals surface area contributed by atoms with Gasteiger partial charge in [0.15, 0.2) is 0 Å². The minimum atomic E-state index is -5.12. The van der Waals surface area contributed by atoms with E-state index in [9.17, 15) is 34.4 Å². The number of rotatable bonds is 10. The Hall–Kier alpha value is -1.11. The van der Waals surface area contributed by atoms with Gasteiger partial charge >= 0.3 is 59.1 Å². The number of benzene rings is 2. The Kier molecular flexibility index (Phi) is 12.9. The molecule has 0 saturated heterocycles. The maximum atomic E-state index is 12.7. The smallest absolute Gasteiger partial charge is 0.747 e. The Labute approximate surface area is 266 Å². The van der Waals surface area contributed by atoms with E-state index in [0.29, 0.717) is 11.5 Å². The molecule has 2 atom stereocenters. The summed E-state index contributed by atoms with van der Waals surface area (Å²) in [4.78, 5) is 7.89. The number of hydrogen-bond donors (Lipinski definition) is 2. The normalized spacial score (nSPS) is 13.4. The Bertz CT molecular complexity index is 1540. The van der Waals surface area contributed by atoms with Gasteiger partial charge in [-0.2, -0.15) is 0 Å². The van der Waals surface area contributed by atoms with Gasteiger partial charge in [-0.3, -0.25) is 4.72 Å². The summed E-state index contributed by atoms with van der Waals surface area (Å²) in [5.41, 5.74) is 0.603. The molecular weight excluding hydrogens is 578 g/mol. The van der Waals surface area contributed by atoms with Crippen molar-refractivity contribution in [2.45, 2.75) is 35.8 Å². The summed E-state index contributed by atoms with van der Waals surface area (Å²) in [7, 11) is -14.2. The van der Waals surface area contributed by atoms with E-state index in [0.717, 1.165) is 12.1 Å². The third kappa shape index (κ3) is 9.82. The first-order chi connectivity index (χ1) is 16.6. The Balaban J connectivity index is 0.00000361. The van der Waals surface area contributed by atoms with Crippen molar-refractivity contribution in [1.82, 2.24) is 9.97 Å². The van der Waals surface area contributed by atoms with Crippen molar-refractivity contribution in [2.24, 2.45) is 0 Å². The predicted molar refractivity (Wildman–Crippen MR) is 129 cm³/mol. The van der Waals surface area contributed by atoms with Crippen LogP contribution in [0.2, 0.25) is 0 Å². The van der Waals surface area contributed by atoms with Gasteiger partial charge in [-0.1, -0.05) is 30.3 Å². The van der Waals surface area contributed by atoms with E-state index in [1.54, 1.807) is 19.9 Å². The molecule has 3 aromatic rings. The van der Waals surface area contributed by atoms with Crippen LogP contribution >= 0.6 is 0 Å². The Morgan fingerprint density at radius 2 is 1.39 bits per heavy atom. The number of aryl methyl sites for hydroxylation is 2. The van der Waals surface area contributed by atoms with Gasteiger partial charge in [0.1, 0.15) is 37.3 Å². The summed E-state index contributed by atoms with van der Waals surface area (Å²) < 4.78 is 98.8. The van der Waals surface area contributed by atoms with E-state index in [1.807, 2.05) is 0 Å². The molecule has 12 nitrogen and oxygen atoms in total. The zero-order valence-corrected chi connectivity index (χ0v) is 27.5. The van der Waals surface area contributed by atoms with Crippen LogP contribution in [0, 0.1) is 13.8 Å². The van der Waals surface area contributed by atoms with Crippen molar-refractivity contribution < 1.29 is 93.5 Å². The van der Waals surface area contributed by atoms with Crippen LogP contribution in [0.5, 0.6) is 0 Å². The SMILES string of the molecule is Cc1cc(NS(=O)(=O)c2ccc(NC(CC(c3ccccc3)S(=O)(=O)[O-])S(=O)(=O)[O-])cc2)nc(C)n1.[Na+].[Na+]. The largest absolute Gasteiger partial charge is 1.00 e. The Morgan fingerprint density at radius 1 is 0.816 bits per heavy atom. The second kappa shape index (κ2) is 14.0. The number of hydrogen-bond acceptors (Lipinski definition) is 11. The molecule has 0 spiro atoms. The van der Waals surface area contributed by atoms with Gasteiger partial charge in [-0.25, -0.2) is 35.2 Å². The van der Waals surface area contributed by atoms with E-state index in [1.165, 1.54) is 42.5 Å². The molecule has 1 aromatic heterocycles. The molecule has 0 amide bonds. The maximum absolute atomic E-state index is 12.7. The molecule has 0 aliphatic rings. The average Bonchev–Trinajstić information content (AvgIpc) is 2.75.